The van der Waals surface area contributed by atoms with Gasteiger partial charge in [0.2, 0.25) is 5.91 Å². The second-order valence-corrected chi connectivity index (χ2v) is 9.78. The fraction of sp³-hybridized carbons (Fsp3) is 0.417. The van der Waals surface area contributed by atoms with E-state index in [1.54, 1.807) is 0 Å². The molecule has 3 atom stereocenters. The first-order valence-electron chi connectivity index (χ1n) is 12.1. The molecule has 19 heteroatoms. The van der Waals surface area contributed by atoms with Crippen molar-refractivity contribution in [1.29, 1.82) is 0 Å². The second-order valence-electron chi connectivity index (χ2n) is 9.78. The molecule has 2 amide bonds. The summed E-state index contributed by atoms with van der Waals surface area (Å²) in [6.07, 6.45) is -12.7. The molecule has 4 N–H and O–H groups in total. The summed E-state index contributed by atoms with van der Waals surface area (Å²) < 4.78 is 126. The van der Waals surface area contributed by atoms with Gasteiger partial charge in [0.15, 0.2) is 11.4 Å². The number of anilines is 1. The molecule has 10 nitrogen and oxygen atoms in total. The summed E-state index contributed by atoms with van der Waals surface area (Å²) in [5.41, 5.74) is -0.776. The van der Waals surface area contributed by atoms with Crippen molar-refractivity contribution in [2.24, 2.45) is 0 Å². The molecule has 0 spiro atoms. The van der Waals surface area contributed by atoms with Crippen molar-refractivity contribution in [2.75, 3.05) is 18.8 Å². The molecule has 234 valence electrons. The lowest BCUT2D eigenvalue weighted by atomic mass is 10.0. The van der Waals surface area contributed by atoms with Crippen LogP contribution in [0.2, 0.25) is 0 Å². The maximum Gasteiger partial charge on any atom is 0.418 e. The summed E-state index contributed by atoms with van der Waals surface area (Å²) in [4.78, 5) is 29.6. The van der Waals surface area contributed by atoms with Crippen molar-refractivity contribution < 1.29 is 58.9 Å². The van der Waals surface area contributed by atoms with Crippen LogP contribution in [0.3, 0.4) is 0 Å². The van der Waals surface area contributed by atoms with Crippen LogP contribution in [0, 0.1) is 0 Å². The lowest BCUT2D eigenvalue weighted by Gasteiger charge is -2.27. The number of aliphatic hydroxyl groups is 1. The highest BCUT2D eigenvalue weighted by molar-refractivity contribution is 5.98. The number of carbonyl (C=O) groups excluding carboxylic acids is 2. The molecule has 1 saturated heterocycles. The molecule has 0 aliphatic carbocycles. The zero-order valence-electron chi connectivity index (χ0n) is 21.7. The predicted molar refractivity (Wildman–Crippen MR) is 128 cm³/mol. The number of halogens is 9. The highest BCUT2D eigenvalue weighted by atomic mass is 19.4. The first-order valence-corrected chi connectivity index (χ1v) is 12.1. The van der Waals surface area contributed by atoms with Gasteiger partial charge in [0.25, 0.3) is 5.91 Å². The minimum absolute atomic E-state index is 0.162. The Bertz CT molecular complexity index is 1540. The molecule has 1 aliphatic rings. The fourth-order valence-corrected chi connectivity index (χ4v) is 4.41. The molecule has 0 bridgehead atoms. The standard InChI is InChI=1S/C24H21F9N6O4/c1-22(42,24(31,32)33)6-17(40)38-7-13(25)14(8-38)37-20(41)11-4-10(2-3-16(11)43-21(26)27)15-5-12(23(28,29)30)18-19(34)35-9-36-39(15)18/h2-5,9,13-14,21,42H,6-8H2,1H3,(H,37,41)(H2,34,35,36)/t13-,14+,22?/m0/s1. The van der Waals surface area contributed by atoms with Crippen LogP contribution in [0.15, 0.2) is 30.6 Å². The van der Waals surface area contributed by atoms with Crippen LogP contribution >= 0.6 is 0 Å². The number of nitrogens with zero attached hydrogens (tertiary/aromatic N) is 4. The van der Waals surface area contributed by atoms with E-state index in [0.29, 0.717) is 17.9 Å². The summed E-state index contributed by atoms with van der Waals surface area (Å²) in [7, 11) is 0. The van der Waals surface area contributed by atoms with Crippen LogP contribution in [0.4, 0.5) is 45.3 Å². The monoisotopic (exact) mass is 628 g/mol. The molecule has 43 heavy (non-hydrogen) atoms. The van der Waals surface area contributed by atoms with Gasteiger partial charge in [0.05, 0.1) is 35.8 Å². The van der Waals surface area contributed by atoms with Crippen molar-refractivity contribution in [3.63, 3.8) is 0 Å². The van der Waals surface area contributed by atoms with Crippen LogP contribution in [-0.4, -0.2) is 80.1 Å². The average molecular weight is 628 g/mol. The quantitative estimate of drug-likeness (QED) is 0.341. The molecular weight excluding hydrogens is 607 g/mol. The number of ether oxygens (including phenoxy) is 1. The lowest BCUT2D eigenvalue weighted by molar-refractivity contribution is -0.254. The third-order valence-electron chi connectivity index (χ3n) is 6.65. The topological polar surface area (TPSA) is 135 Å². The number of likely N-dealkylation sites (tertiary alicyclic amines) is 1. The Hall–Kier alpha value is -4.29. The van der Waals surface area contributed by atoms with E-state index in [9.17, 15) is 54.2 Å². The van der Waals surface area contributed by atoms with Gasteiger partial charge in [0, 0.05) is 12.1 Å². The van der Waals surface area contributed by atoms with Crippen LogP contribution in [0.1, 0.15) is 29.3 Å². The molecule has 2 aromatic heterocycles. The van der Waals surface area contributed by atoms with Crippen LogP contribution in [-0.2, 0) is 11.0 Å². The summed E-state index contributed by atoms with van der Waals surface area (Å²) in [6.45, 7) is -4.49. The maximum absolute atomic E-state index is 14.7. The third kappa shape index (κ3) is 6.40. The van der Waals surface area contributed by atoms with E-state index in [2.05, 4.69) is 20.1 Å². The largest absolute Gasteiger partial charge is 0.434 e. The first-order chi connectivity index (χ1) is 19.8. The second kappa shape index (κ2) is 11.1. The van der Waals surface area contributed by atoms with Gasteiger partial charge in [-0.15, -0.1) is 0 Å². The van der Waals surface area contributed by atoms with Crippen molar-refractivity contribution in [2.45, 2.75) is 50.1 Å². The molecule has 4 rings (SSSR count). The zero-order chi connectivity index (χ0) is 32.1. The van der Waals surface area contributed by atoms with Gasteiger partial charge in [-0.2, -0.15) is 40.2 Å². The Balaban J connectivity index is 1.65. The Labute approximate surface area is 235 Å². The van der Waals surface area contributed by atoms with Gasteiger partial charge in [-0.1, -0.05) is 0 Å². The normalized spacial score (nSPS) is 19.1. The van der Waals surface area contributed by atoms with E-state index < -0.39 is 96.3 Å². The molecule has 1 fully saturated rings. The van der Waals surface area contributed by atoms with Gasteiger partial charge in [0.1, 0.15) is 23.8 Å². The Morgan fingerprint density at radius 1 is 1.16 bits per heavy atom. The summed E-state index contributed by atoms with van der Waals surface area (Å²) in [5, 5.41) is 15.5. The molecule has 1 aliphatic heterocycles. The number of fused-ring (bicyclic) bond motifs is 1. The maximum atomic E-state index is 14.7. The number of hydrogen-bond acceptors (Lipinski definition) is 7. The van der Waals surface area contributed by atoms with E-state index in [0.717, 1.165) is 29.0 Å². The third-order valence-corrected chi connectivity index (χ3v) is 6.65. The van der Waals surface area contributed by atoms with Gasteiger partial charge < -0.3 is 25.8 Å². The van der Waals surface area contributed by atoms with Gasteiger partial charge in [-0.3, -0.25) is 9.59 Å². The molecular formula is C24H21F9N6O4. The zero-order valence-corrected chi connectivity index (χ0v) is 21.7. The van der Waals surface area contributed by atoms with Crippen molar-refractivity contribution in [1.82, 2.24) is 24.8 Å². The Morgan fingerprint density at radius 3 is 2.44 bits per heavy atom. The van der Waals surface area contributed by atoms with Gasteiger partial charge in [-0.05, 0) is 31.2 Å². The number of amides is 2. The number of nitrogen functional groups attached to an aromatic ring is 1. The number of hydrogen-bond donors (Lipinski definition) is 3. The summed E-state index contributed by atoms with van der Waals surface area (Å²) in [6, 6.07) is 1.88. The molecule has 1 aromatic carbocycles. The molecule has 0 saturated carbocycles. The van der Waals surface area contributed by atoms with Crippen LogP contribution < -0.4 is 15.8 Å². The highest BCUT2D eigenvalue weighted by Crippen LogP contribution is 2.39. The average Bonchev–Trinajstić information content (AvgIpc) is 3.45. The van der Waals surface area contributed by atoms with E-state index >= 15 is 0 Å². The molecule has 1 unspecified atom stereocenters. The van der Waals surface area contributed by atoms with Gasteiger partial charge >= 0.3 is 19.0 Å². The first kappa shape index (κ1) is 31.6. The van der Waals surface area contributed by atoms with E-state index in [-0.39, 0.29) is 11.3 Å². The smallest absolute Gasteiger partial charge is 0.418 e. The van der Waals surface area contributed by atoms with Crippen LogP contribution in [0.25, 0.3) is 16.8 Å². The van der Waals surface area contributed by atoms with E-state index in [1.165, 1.54) is 0 Å². The Kier molecular flexibility index (Phi) is 8.16. The van der Waals surface area contributed by atoms with Crippen molar-refractivity contribution in [3.8, 4) is 17.0 Å². The molecule has 3 aromatic rings. The number of aromatic nitrogens is 3. The number of nitrogens with one attached hydrogen (secondary N) is 1. The number of nitrogens with two attached hydrogens (primary N) is 1. The van der Waals surface area contributed by atoms with Gasteiger partial charge in [-0.25, -0.2) is 13.9 Å². The molecule has 3 heterocycles. The predicted octanol–water partition coefficient (Wildman–Crippen LogP) is 3.58. The van der Waals surface area contributed by atoms with Crippen LogP contribution in [0.5, 0.6) is 5.75 Å². The van der Waals surface area contributed by atoms with E-state index in [1.807, 2.05) is 0 Å². The Morgan fingerprint density at radius 2 is 1.84 bits per heavy atom. The summed E-state index contributed by atoms with van der Waals surface area (Å²) >= 11 is 0. The number of rotatable bonds is 7. The molecule has 0 radical (unpaired) electrons. The van der Waals surface area contributed by atoms with E-state index in [4.69, 9.17) is 5.73 Å². The number of alkyl halides is 9. The van der Waals surface area contributed by atoms with Crippen molar-refractivity contribution in [3.05, 3.63) is 41.7 Å². The minimum Gasteiger partial charge on any atom is -0.434 e. The SMILES string of the molecule is CC(O)(CC(=O)N1C[C@H](F)[C@H](NC(=O)c2cc(-c3cc(C(F)(F)F)c4c(N)ncnn34)ccc2OC(F)F)C1)C(F)(F)F. The fourth-order valence-electron chi connectivity index (χ4n) is 4.41. The number of carbonyl (C=O) groups is 2. The minimum atomic E-state index is -5.17. The highest BCUT2D eigenvalue weighted by Gasteiger charge is 2.52. The number of benzene rings is 1. The van der Waals surface area contributed by atoms with Crippen molar-refractivity contribution >= 4 is 23.1 Å². The summed E-state index contributed by atoms with van der Waals surface area (Å²) in [5.74, 6) is -3.81. The lowest BCUT2D eigenvalue weighted by Crippen LogP contribution is -2.47.